The lowest BCUT2D eigenvalue weighted by Crippen LogP contribution is -2.52. The molecule has 0 saturated carbocycles. The van der Waals surface area contributed by atoms with Gasteiger partial charge in [0.15, 0.2) is 5.54 Å². The van der Waals surface area contributed by atoms with Gasteiger partial charge in [-0.15, -0.1) is 0 Å². The lowest BCUT2D eigenvalue weighted by Gasteiger charge is -2.29. The Kier molecular flexibility index (Phi) is 4.25. The van der Waals surface area contributed by atoms with Crippen molar-refractivity contribution in [1.82, 2.24) is 26.2 Å². The summed E-state index contributed by atoms with van der Waals surface area (Å²) in [5, 5.41) is 19.9. The number of nitrogens with one attached hydrogen (secondary N) is 4. The second-order valence-electron chi connectivity index (χ2n) is 9.21. The number of amides is 7. The quantitative estimate of drug-likeness (QED) is 0.339. The standard InChI is InChI=1S/C24H19N5O7/c1-23(19(32)25-21(34)27-23)13-3-5-16-12(6-13)7-17(36-16)24(20(33)26-22(35)28-24)10-29-9-11-2-4-14(30)8-15(11)18(29)31/h2-8,30H,9-10H2,1H3,(H2,25,27,32,34)(H2,26,28,33,35)/t23?,24-/m0/s1. The van der Waals surface area contributed by atoms with Crippen LogP contribution in [0.1, 0.15) is 34.2 Å². The van der Waals surface area contributed by atoms with Crippen molar-refractivity contribution in [3.63, 3.8) is 0 Å². The summed E-state index contributed by atoms with van der Waals surface area (Å²) in [5.41, 5.74) is -1.15. The highest BCUT2D eigenvalue weighted by atomic mass is 16.3. The summed E-state index contributed by atoms with van der Waals surface area (Å²) in [6.45, 7) is 1.52. The van der Waals surface area contributed by atoms with Gasteiger partial charge in [0.25, 0.3) is 17.7 Å². The molecule has 2 aromatic carbocycles. The van der Waals surface area contributed by atoms with Crippen molar-refractivity contribution in [3.8, 4) is 5.75 Å². The fourth-order valence-corrected chi connectivity index (χ4v) is 4.93. The van der Waals surface area contributed by atoms with Crippen molar-refractivity contribution in [2.75, 3.05) is 6.54 Å². The van der Waals surface area contributed by atoms with Gasteiger partial charge in [-0.05, 0) is 48.4 Å². The molecule has 1 unspecified atom stereocenters. The Labute approximate surface area is 202 Å². The first-order valence-corrected chi connectivity index (χ1v) is 11.0. The van der Waals surface area contributed by atoms with E-state index in [4.69, 9.17) is 4.42 Å². The van der Waals surface area contributed by atoms with E-state index in [0.29, 0.717) is 27.7 Å². The number of rotatable bonds is 4. The van der Waals surface area contributed by atoms with Crippen LogP contribution in [-0.4, -0.2) is 46.3 Å². The maximum atomic E-state index is 13.1. The minimum absolute atomic E-state index is 0.0560. The van der Waals surface area contributed by atoms with Crippen LogP contribution in [0, 0.1) is 0 Å². The molecule has 2 saturated heterocycles. The van der Waals surface area contributed by atoms with E-state index in [1.165, 1.54) is 17.0 Å². The zero-order valence-corrected chi connectivity index (χ0v) is 18.8. The van der Waals surface area contributed by atoms with Crippen LogP contribution >= 0.6 is 0 Å². The van der Waals surface area contributed by atoms with Gasteiger partial charge in [-0.3, -0.25) is 25.0 Å². The van der Waals surface area contributed by atoms with E-state index in [9.17, 15) is 29.1 Å². The van der Waals surface area contributed by atoms with E-state index in [2.05, 4.69) is 21.3 Å². The van der Waals surface area contributed by atoms with Gasteiger partial charge in [0.05, 0.1) is 6.54 Å². The molecule has 3 aromatic rings. The Morgan fingerprint density at radius 1 is 0.944 bits per heavy atom. The molecule has 0 aliphatic carbocycles. The number of fused-ring (bicyclic) bond motifs is 2. The first-order valence-electron chi connectivity index (χ1n) is 11.0. The van der Waals surface area contributed by atoms with E-state index < -0.39 is 40.9 Å². The number of nitrogens with zero attached hydrogens (tertiary/aromatic N) is 1. The fourth-order valence-electron chi connectivity index (χ4n) is 4.93. The predicted octanol–water partition coefficient (Wildman–Crippen LogP) is 0.884. The predicted molar refractivity (Wildman–Crippen MR) is 121 cm³/mol. The number of imide groups is 2. The average molecular weight is 489 g/mol. The third-order valence-electron chi connectivity index (χ3n) is 6.90. The molecule has 6 rings (SSSR count). The van der Waals surface area contributed by atoms with Crippen LogP contribution in [0.3, 0.4) is 0 Å². The molecule has 4 heterocycles. The maximum absolute atomic E-state index is 13.1. The van der Waals surface area contributed by atoms with E-state index in [1.54, 1.807) is 37.3 Å². The molecular formula is C24H19N5O7. The van der Waals surface area contributed by atoms with Crippen LogP contribution in [0.25, 0.3) is 11.0 Å². The summed E-state index contributed by atoms with van der Waals surface area (Å²) in [4.78, 5) is 63.8. The number of phenolic OH excluding ortho intramolecular Hbond substituents is 1. The molecule has 182 valence electrons. The number of carbonyl (C=O) groups excluding carboxylic acids is 5. The molecule has 0 spiro atoms. The number of aromatic hydroxyl groups is 1. The van der Waals surface area contributed by atoms with Crippen LogP contribution < -0.4 is 21.3 Å². The van der Waals surface area contributed by atoms with Gasteiger partial charge in [0.2, 0.25) is 0 Å². The van der Waals surface area contributed by atoms with Crippen LogP contribution in [0.5, 0.6) is 5.75 Å². The lowest BCUT2D eigenvalue weighted by molar-refractivity contribution is -0.125. The zero-order chi connectivity index (χ0) is 25.4. The first-order chi connectivity index (χ1) is 17.1. The summed E-state index contributed by atoms with van der Waals surface area (Å²) in [6, 6.07) is 9.54. The van der Waals surface area contributed by atoms with Crippen molar-refractivity contribution >= 4 is 40.8 Å². The van der Waals surface area contributed by atoms with Gasteiger partial charge in [0, 0.05) is 17.5 Å². The second kappa shape index (κ2) is 7.07. The molecule has 5 N–H and O–H groups in total. The van der Waals surface area contributed by atoms with Gasteiger partial charge in [-0.25, -0.2) is 9.59 Å². The van der Waals surface area contributed by atoms with Gasteiger partial charge < -0.3 is 25.1 Å². The molecule has 3 aliphatic rings. The largest absolute Gasteiger partial charge is 0.508 e. The Morgan fingerprint density at radius 2 is 1.69 bits per heavy atom. The molecule has 2 atom stereocenters. The van der Waals surface area contributed by atoms with Crippen molar-refractivity contribution < 1.29 is 33.5 Å². The number of hydrogen-bond acceptors (Lipinski definition) is 7. The molecular weight excluding hydrogens is 470 g/mol. The summed E-state index contributed by atoms with van der Waals surface area (Å²) in [5.74, 6) is -1.56. The van der Waals surface area contributed by atoms with Crippen LogP contribution in [0.2, 0.25) is 0 Å². The van der Waals surface area contributed by atoms with Crippen molar-refractivity contribution in [1.29, 1.82) is 0 Å². The summed E-state index contributed by atoms with van der Waals surface area (Å²) >= 11 is 0. The molecule has 36 heavy (non-hydrogen) atoms. The average Bonchev–Trinajstić information content (AvgIpc) is 3.53. The lowest BCUT2D eigenvalue weighted by atomic mass is 9.91. The number of benzene rings is 2. The molecule has 12 heteroatoms. The van der Waals surface area contributed by atoms with E-state index >= 15 is 0 Å². The summed E-state index contributed by atoms with van der Waals surface area (Å²) < 4.78 is 5.97. The molecule has 0 bridgehead atoms. The number of phenols is 1. The molecule has 3 aliphatic heterocycles. The molecule has 1 aromatic heterocycles. The van der Waals surface area contributed by atoms with Crippen LogP contribution in [0.4, 0.5) is 9.59 Å². The number of hydrogen-bond donors (Lipinski definition) is 5. The summed E-state index contributed by atoms with van der Waals surface area (Å²) in [7, 11) is 0. The summed E-state index contributed by atoms with van der Waals surface area (Å²) in [6.07, 6.45) is 0. The minimum Gasteiger partial charge on any atom is -0.508 e. The second-order valence-corrected chi connectivity index (χ2v) is 9.21. The van der Waals surface area contributed by atoms with E-state index in [0.717, 1.165) is 0 Å². The van der Waals surface area contributed by atoms with Crippen molar-refractivity contribution in [2.24, 2.45) is 0 Å². The van der Waals surface area contributed by atoms with Crippen molar-refractivity contribution in [2.45, 2.75) is 24.5 Å². The van der Waals surface area contributed by atoms with Crippen molar-refractivity contribution in [3.05, 3.63) is 64.9 Å². The third-order valence-corrected chi connectivity index (χ3v) is 6.90. The van der Waals surface area contributed by atoms with E-state index in [-0.39, 0.29) is 24.6 Å². The Hall–Kier alpha value is -4.87. The van der Waals surface area contributed by atoms with E-state index in [1.807, 2.05) is 0 Å². The highest BCUT2D eigenvalue weighted by Gasteiger charge is 2.53. The minimum atomic E-state index is -1.71. The number of urea groups is 2. The Morgan fingerprint density at radius 3 is 2.39 bits per heavy atom. The highest BCUT2D eigenvalue weighted by Crippen LogP contribution is 2.36. The molecule has 2 fully saturated rings. The van der Waals surface area contributed by atoms with Gasteiger partial charge in [-0.1, -0.05) is 12.1 Å². The highest BCUT2D eigenvalue weighted by molar-refractivity contribution is 6.09. The van der Waals surface area contributed by atoms with Gasteiger partial charge >= 0.3 is 12.1 Å². The Bertz CT molecular complexity index is 1540. The monoisotopic (exact) mass is 489 g/mol. The SMILES string of the molecule is CC1(c2ccc3oc([C@]4(CN5Cc6ccc(O)cc6C5=O)NC(=O)NC4=O)cc3c2)NC(=O)NC1=O. The topological polar surface area (TPSA) is 170 Å². The molecule has 7 amide bonds. The normalized spacial score (nSPS) is 25.1. The third kappa shape index (κ3) is 2.97. The smallest absolute Gasteiger partial charge is 0.322 e. The van der Waals surface area contributed by atoms with Crippen LogP contribution in [-0.2, 0) is 27.2 Å². The number of carbonyl (C=O) groups is 5. The van der Waals surface area contributed by atoms with Gasteiger partial charge in [0.1, 0.15) is 22.6 Å². The van der Waals surface area contributed by atoms with Gasteiger partial charge in [-0.2, -0.15) is 0 Å². The fraction of sp³-hybridized carbons (Fsp3) is 0.208. The first kappa shape index (κ1) is 21.6. The van der Waals surface area contributed by atoms with Crippen LogP contribution in [0.15, 0.2) is 46.9 Å². The molecule has 0 radical (unpaired) electrons. The maximum Gasteiger partial charge on any atom is 0.322 e. The Balaban J connectivity index is 1.39. The zero-order valence-electron chi connectivity index (χ0n) is 18.8. The number of furan rings is 1. The molecule has 12 nitrogen and oxygen atoms in total.